The Morgan fingerprint density at radius 1 is 1.29 bits per heavy atom. The van der Waals surface area contributed by atoms with Crippen LogP contribution >= 0.6 is 0 Å². The molecule has 17 heavy (non-hydrogen) atoms. The van der Waals surface area contributed by atoms with Crippen molar-refractivity contribution in [2.45, 2.75) is 13.5 Å². The van der Waals surface area contributed by atoms with Gasteiger partial charge in [-0.05, 0) is 17.7 Å². The Morgan fingerprint density at radius 3 is 2.53 bits per heavy atom. The van der Waals surface area contributed by atoms with Gasteiger partial charge in [0.25, 0.3) is 0 Å². The zero-order valence-corrected chi connectivity index (χ0v) is 10.1. The van der Waals surface area contributed by atoms with E-state index in [-0.39, 0.29) is 5.91 Å². The normalized spacial score (nSPS) is 16.8. The second kappa shape index (κ2) is 5.80. The smallest absolute Gasteiger partial charge is 0.221 e. The molecule has 0 unspecified atom stereocenters. The predicted octanol–water partition coefficient (Wildman–Crippen LogP) is 1.48. The maximum atomic E-state index is 10.9. The lowest BCUT2D eigenvalue weighted by Crippen LogP contribution is -2.35. The predicted molar refractivity (Wildman–Crippen MR) is 66.8 cm³/mol. The number of nitrogens with zero attached hydrogens (tertiary/aromatic N) is 1. The van der Waals surface area contributed by atoms with Gasteiger partial charge in [0, 0.05) is 32.2 Å². The molecule has 1 aliphatic rings. The van der Waals surface area contributed by atoms with Gasteiger partial charge in [-0.3, -0.25) is 9.69 Å². The van der Waals surface area contributed by atoms with Gasteiger partial charge in [-0.15, -0.1) is 0 Å². The number of nitrogens with one attached hydrogen (secondary N) is 1. The molecule has 1 heterocycles. The highest BCUT2D eigenvalue weighted by atomic mass is 16.5. The Bertz CT molecular complexity index is 370. The molecule has 2 rings (SSSR count). The van der Waals surface area contributed by atoms with Crippen LogP contribution in [0.5, 0.6) is 0 Å². The van der Waals surface area contributed by atoms with E-state index in [1.165, 1.54) is 12.5 Å². The molecule has 0 bridgehead atoms. The topological polar surface area (TPSA) is 41.6 Å². The number of amides is 1. The molecule has 1 amide bonds. The molecule has 4 nitrogen and oxygen atoms in total. The van der Waals surface area contributed by atoms with Crippen molar-refractivity contribution in [2.24, 2.45) is 0 Å². The van der Waals surface area contributed by atoms with Gasteiger partial charge in [0.2, 0.25) is 5.91 Å². The van der Waals surface area contributed by atoms with Crippen LogP contribution in [0.2, 0.25) is 0 Å². The number of hydrogen-bond acceptors (Lipinski definition) is 3. The van der Waals surface area contributed by atoms with E-state index in [0.29, 0.717) is 0 Å². The van der Waals surface area contributed by atoms with Crippen molar-refractivity contribution in [3.63, 3.8) is 0 Å². The van der Waals surface area contributed by atoms with E-state index in [2.05, 4.69) is 22.3 Å². The molecule has 92 valence electrons. The van der Waals surface area contributed by atoms with Crippen LogP contribution in [0, 0.1) is 0 Å². The minimum atomic E-state index is -0.0362. The third-order valence-corrected chi connectivity index (χ3v) is 2.78. The number of ether oxygens (including phenoxy) is 1. The van der Waals surface area contributed by atoms with Crippen molar-refractivity contribution >= 4 is 11.6 Å². The van der Waals surface area contributed by atoms with Gasteiger partial charge in [0.1, 0.15) is 0 Å². The van der Waals surface area contributed by atoms with E-state index >= 15 is 0 Å². The highest BCUT2D eigenvalue weighted by Gasteiger charge is 2.10. The molecule has 0 spiro atoms. The van der Waals surface area contributed by atoms with Crippen molar-refractivity contribution in [3.05, 3.63) is 29.8 Å². The van der Waals surface area contributed by atoms with Crippen LogP contribution in [0.3, 0.4) is 0 Å². The second-order valence-corrected chi connectivity index (χ2v) is 4.27. The van der Waals surface area contributed by atoms with Crippen molar-refractivity contribution in [2.75, 3.05) is 31.6 Å². The summed E-state index contributed by atoms with van der Waals surface area (Å²) in [4.78, 5) is 13.3. The summed E-state index contributed by atoms with van der Waals surface area (Å²) in [6, 6.07) is 8.00. The molecule has 0 radical (unpaired) electrons. The molecule has 0 aliphatic carbocycles. The van der Waals surface area contributed by atoms with E-state index in [4.69, 9.17) is 4.74 Å². The molecule has 1 N–H and O–H groups in total. The zero-order valence-electron chi connectivity index (χ0n) is 10.1. The van der Waals surface area contributed by atoms with Crippen LogP contribution in [0.4, 0.5) is 5.69 Å². The molecule has 1 fully saturated rings. The zero-order chi connectivity index (χ0) is 12.1. The molecule has 1 aromatic rings. The number of carbonyl (C=O) groups excluding carboxylic acids is 1. The molecular weight excluding hydrogens is 216 g/mol. The summed E-state index contributed by atoms with van der Waals surface area (Å²) in [5.74, 6) is -0.0362. The van der Waals surface area contributed by atoms with Crippen molar-refractivity contribution < 1.29 is 9.53 Å². The van der Waals surface area contributed by atoms with Gasteiger partial charge >= 0.3 is 0 Å². The van der Waals surface area contributed by atoms with E-state index in [9.17, 15) is 4.79 Å². The number of rotatable bonds is 3. The Labute approximate surface area is 102 Å². The van der Waals surface area contributed by atoms with Crippen molar-refractivity contribution in [1.82, 2.24) is 4.90 Å². The Morgan fingerprint density at radius 2 is 1.94 bits per heavy atom. The minimum absolute atomic E-state index is 0.0362. The molecule has 1 aliphatic heterocycles. The standard InChI is InChI=1S/C13H18N2O2/c1-11(16)14-13-4-2-12(3-5-13)10-15-6-8-17-9-7-15/h2-5H,6-10H2,1H3,(H,14,16). The van der Waals surface area contributed by atoms with E-state index in [1.807, 2.05) is 12.1 Å². The first-order chi connectivity index (χ1) is 8.24. The number of hydrogen-bond donors (Lipinski definition) is 1. The lowest BCUT2D eigenvalue weighted by molar-refractivity contribution is -0.114. The molecule has 0 atom stereocenters. The quantitative estimate of drug-likeness (QED) is 0.861. The first-order valence-electron chi connectivity index (χ1n) is 5.91. The van der Waals surface area contributed by atoms with Gasteiger partial charge < -0.3 is 10.1 Å². The summed E-state index contributed by atoms with van der Waals surface area (Å²) in [5, 5.41) is 2.76. The van der Waals surface area contributed by atoms with Crippen LogP contribution in [-0.4, -0.2) is 37.1 Å². The lowest BCUT2D eigenvalue weighted by Gasteiger charge is -2.26. The average molecular weight is 234 g/mol. The number of morpholine rings is 1. The average Bonchev–Trinajstić information content (AvgIpc) is 2.32. The van der Waals surface area contributed by atoms with Crippen molar-refractivity contribution in [3.8, 4) is 0 Å². The summed E-state index contributed by atoms with van der Waals surface area (Å²) >= 11 is 0. The third kappa shape index (κ3) is 3.84. The summed E-state index contributed by atoms with van der Waals surface area (Å²) in [6.07, 6.45) is 0. The molecule has 1 aromatic carbocycles. The van der Waals surface area contributed by atoms with Gasteiger partial charge in [-0.2, -0.15) is 0 Å². The van der Waals surface area contributed by atoms with Crippen LogP contribution in [0.25, 0.3) is 0 Å². The highest BCUT2D eigenvalue weighted by molar-refractivity contribution is 5.88. The minimum Gasteiger partial charge on any atom is -0.379 e. The number of carbonyl (C=O) groups is 1. The lowest BCUT2D eigenvalue weighted by atomic mass is 10.2. The molecular formula is C13H18N2O2. The van der Waals surface area contributed by atoms with Crippen LogP contribution < -0.4 is 5.32 Å². The van der Waals surface area contributed by atoms with Crippen molar-refractivity contribution in [1.29, 1.82) is 0 Å². The first kappa shape index (κ1) is 12.1. The van der Waals surface area contributed by atoms with Gasteiger partial charge in [0.15, 0.2) is 0 Å². The van der Waals surface area contributed by atoms with E-state index in [0.717, 1.165) is 38.5 Å². The molecule has 0 saturated carbocycles. The maximum absolute atomic E-state index is 10.9. The van der Waals surface area contributed by atoms with E-state index in [1.54, 1.807) is 0 Å². The van der Waals surface area contributed by atoms with Gasteiger partial charge in [0.05, 0.1) is 13.2 Å². The fourth-order valence-electron chi connectivity index (χ4n) is 1.91. The van der Waals surface area contributed by atoms with Gasteiger partial charge in [-0.25, -0.2) is 0 Å². The Balaban J connectivity index is 1.90. The Hall–Kier alpha value is -1.39. The van der Waals surface area contributed by atoms with Crippen LogP contribution in [0.1, 0.15) is 12.5 Å². The Kier molecular flexibility index (Phi) is 4.12. The summed E-state index contributed by atoms with van der Waals surface area (Å²) < 4.78 is 5.31. The van der Waals surface area contributed by atoms with E-state index < -0.39 is 0 Å². The number of anilines is 1. The first-order valence-corrected chi connectivity index (χ1v) is 5.91. The molecule has 1 saturated heterocycles. The fourth-order valence-corrected chi connectivity index (χ4v) is 1.91. The summed E-state index contributed by atoms with van der Waals surface area (Å²) in [6.45, 7) is 6.10. The largest absolute Gasteiger partial charge is 0.379 e. The summed E-state index contributed by atoms with van der Waals surface area (Å²) in [7, 11) is 0. The molecule has 4 heteroatoms. The highest BCUT2D eigenvalue weighted by Crippen LogP contribution is 2.12. The fraction of sp³-hybridized carbons (Fsp3) is 0.462. The maximum Gasteiger partial charge on any atom is 0.221 e. The van der Waals surface area contributed by atoms with Crippen LogP contribution in [0.15, 0.2) is 24.3 Å². The molecule has 0 aromatic heterocycles. The monoisotopic (exact) mass is 234 g/mol. The van der Waals surface area contributed by atoms with Gasteiger partial charge in [-0.1, -0.05) is 12.1 Å². The summed E-state index contributed by atoms with van der Waals surface area (Å²) in [5.41, 5.74) is 2.12. The second-order valence-electron chi connectivity index (χ2n) is 4.27. The SMILES string of the molecule is CC(=O)Nc1ccc(CN2CCOCC2)cc1. The number of benzene rings is 1. The third-order valence-electron chi connectivity index (χ3n) is 2.78. The van der Waals surface area contributed by atoms with Crippen LogP contribution in [-0.2, 0) is 16.1 Å².